The van der Waals surface area contributed by atoms with Crippen LogP contribution in [-0.2, 0) is 4.74 Å². The number of anilines is 2. The number of ether oxygens (including phenoxy) is 2. The third-order valence-corrected chi connectivity index (χ3v) is 5.13. The van der Waals surface area contributed by atoms with Gasteiger partial charge in [0.25, 0.3) is 0 Å². The number of nitrogens with one attached hydrogen (secondary N) is 1. The lowest BCUT2D eigenvalue weighted by Gasteiger charge is -2.23. The Kier molecular flexibility index (Phi) is 6.44. The van der Waals surface area contributed by atoms with Gasteiger partial charge in [-0.15, -0.1) is 0 Å². The van der Waals surface area contributed by atoms with E-state index in [1.54, 1.807) is 11.8 Å². The molecule has 1 saturated heterocycles. The minimum absolute atomic E-state index is 0.444. The van der Waals surface area contributed by atoms with Crippen molar-refractivity contribution in [2.75, 3.05) is 37.8 Å². The SMILES string of the molecule is Nc1ccc(Sc2ccccc2OCCCC2COCCN2)cc1N. The van der Waals surface area contributed by atoms with E-state index >= 15 is 0 Å². The summed E-state index contributed by atoms with van der Waals surface area (Å²) in [5.41, 5.74) is 12.9. The first-order chi connectivity index (χ1) is 12.2. The molecule has 3 rings (SSSR count). The fourth-order valence-electron chi connectivity index (χ4n) is 2.71. The molecular weight excluding hydrogens is 334 g/mol. The topological polar surface area (TPSA) is 82.5 Å². The molecule has 1 atom stereocenters. The Morgan fingerprint density at radius 1 is 1.16 bits per heavy atom. The first-order valence-electron chi connectivity index (χ1n) is 8.58. The lowest BCUT2D eigenvalue weighted by Crippen LogP contribution is -2.41. The van der Waals surface area contributed by atoms with Crippen molar-refractivity contribution in [1.82, 2.24) is 5.32 Å². The van der Waals surface area contributed by atoms with Crippen LogP contribution < -0.4 is 21.5 Å². The predicted octanol–water partition coefficient (Wildman–Crippen LogP) is 3.15. The highest BCUT2D eigenvalue weighted by Gasteiger charge is 2.12. The molecule has 2 aromatic rings. The molecule has 0 radical (unpaired) electrons. The quantitative estimate of drug-likeness (QED) is 0.520. The molecule has 0 saturated carbocycles. The predicted molar refractivity (Wildman–Crippen MR) is 103 cm³/mol. The highest BCUT2D eigenvalue weighted by Crippen LogP contribution is 2.36. The number of benzene rings is 2. The van der Waals surface area contributed by atoms with Crippen molar-refractivity contribution >= 4 is 23.1 Å². The molecule has 134 valence electrons. The Balaban J connectivity index is 1.54. The Bertz CT molecular complexity index is 690. The monoisotopic (exact) mass is 359 g/mol. The van der Waals surface area contributed by atoms with Gasteiger partial charge < -0.3 is 26.3 Å². The molecule has 0 aromatic heterocycles. The van der Waals surface area contributed by atoms with E-state index in [0.29, 0.717) is 24.0 Å². The third kappa shape index (κ3) is 5.29. The lowest BCUT2D eigenvalue weighted by atomic mass is 10.1. The summed E-state index contributed by atoms with van der Waals surface area (Å²) >= 11 is 1.63. The molecule has 0 aliphatic carbocycles. The average molecular weight is 359 g/mol. The standard InChI is InChI=1S/C19H25N3O2S/c20-16-8-7-15(12-17(16)21)25-19-6-2-1-5-18(19)24-10-3-4-14-13-23-11-9-22-14/h1-2,5-8,12,14,22H,3-4,9-11,13,20-21H2. The zero-order valence-electron chi connectivity index (χ0n) is 14.2. The van der Waals surface area contributed by atoms with E-state index in [0.717, 1.165) is 48.1 Å². The molecule has 1 unspecified atom stereocenters. The van der Waals surface area contributed by atoms with Crippen molar-refractivity contribution < 1.29 is 9.47 Å². The number of hydrogen-bond acceptors (Lipinski definition) is 6. The highest BCUT2D eigenvalue weighted by atomic mass is 32.2. The molecule has 0 spiro atoms. The number of para-hydroxylation sites is 1. The summed E-state index contributed by atoms with van der Waals surface area (Å²) in [5.74, 6) is 0.899. The fourth-order valence-corrected chi connectivity index (χ4v) is 3.66. The van der Waals surface area contributed by atoms with E-state index < -0.39 is 0 Å². The van der Waals surface area contributed by atoms with Gasteiger partial charge in [-0.25, -0.2) is 0 Å². The summed E-state index contributed by atoms with van der Waals surface area (Å²) in [6.45, 7) is 3.24. The van der Waals surface area contributed by atoms with Gasteiger partial charge in [0.2, 0.25) is 0 Å². The van der Waals surface area contributed by atoms with Crippen molar-refractivity contribution in [3.05, 3.63) is 42.5 Å². The van der Waals surface area contributed by atoms with Gasteiger partial charge in [0.15, 0.2) is 0 Å². The van der Waals surface area contributed by atoms with E-state index in [1.807, 2.05) is 36.4 Å². The van der Waals surface area contributed by atoms with E-state index in [2.05, 4.69) is 11.4 Å². The van der Waals surface area contributed by atoms with Gasteiger partial charge in [0.05, 0.1) is 36.1 Å². The minimum Gasteiger partial charge on any atom is -0.492 e. The lowest BCUT2D eigenvalue weighted by molar-refractivity contribution is 0.0721. The van der Waals surface area contributed by atoms with Gasteiger partial charge in [-0.05, 0) is 43.2 Å². The fraction of sp³-hybridized carbons (Fsp3) is 0.368. The maximum atomic E-state index is 6.01. The molecule has 1 fully saturated rings. The van der Waals surface area contributed by atoms with Crippen LogP contribution in [0.25, 0.3) is 0 Å². The molecule has 1 aliphatic rings. The summed E-state index contributed by atoms with van der Waals surface area (Å²) in [6.07, 6.45) is 2.05. The largest absolute Gasteiger partial charge is 0.492 e. The maximum Gasteiger partial charge on any atom is 0.133 e. The third-order valence-electron chi connectivity index (χ3n) is 4.09. The normalized spacial score (nSPS) is 17.4. The van der Waals surface area contributed by atoms with Crippen molar-refractivity contribution in [2.45, 2.75) is 28.7 Å². The summed E-state index contributed by atoms with van der Waals surface area (Å²) in [7, 11) is 0. The second-order valence-corrected chi connectivity index (χ2v) is 7.17. The van der Waals surface area contributed by atoms with Crippen LogP contribution in [0, 0.1) is 0 Å². The van der Waals surface area contributed by atoms with Crippen molar-refractivity contribution in [3.8, 4) is 5.75 Å². The van der Waals surface area contributed by atoms with Gasteiger partial charge in [0, 0.05) is 17.5 Å². The second kappa shape index (κ2) is 8.99. The van der Waals surface area contributed by atoms with E-state index in [4.69, 9.17) is 20.9 Å². The molecule has 2 aromatic carbocycles. The van der Waals surface area contributed by atoms with Gasteiger partial charge >= 0.3 is 0 Å². The molecule has 5 N–H and O–H groups in total. The van der Waals surface area contributed by atoms with E-state index in [1.165, 1.54) is 0 Å². The molecular formula is C19H25N3O2S. The summed E-state index contributed by atoms with van der Waals surface area (Å²) in [5, 5.41) is 3.46. The number of hydrogen-bond donors (Lipinski definition) is 3. The van der Waals surface area contributed by atoms with Gasteiger partial charge in [-0.2, -0.15) is 0 Å². The number of morpholine rings is 1. The first-order valence-corrected chi connectivity index (χ1v) is 9.40. The van der Waals surface area contributed by atoms with E-state index in [9.17, 15) is 0 Å². The Morgan fingerprint density at radius 2 is 2.04 bits per heavy atom. The van der Waals surface area contributed by atoms with Crippen LogP contribution in [0.2, 0.25) is 0 Å². The number of nitrogens with two attached hydrogens (primary N) is 2. The van der Waals surface area contributed by atoms with Crippen LogP contribution in [-0.4, -0.2) is 32.4 Å². The average Bonchev–Trinajstić information content (AvgIpc) is 2.64. The van der Waals surface area contributed by atoms with Crippen molar-refractivity contribution in [3.63, 3.8) is 0 Å². The summed E-state index contributed by atoms with van der Waals surface area (Å²) in [4.78, 5) is 2.12. The molecule has 0 amide bonds. The van der Waals surface area contributed by atoms with Gasteiger partial charge in [-0.3, -0.25) is 0 Å². The highest BCUT2D eigenvalue weighted by molar-refractivity contribution is 7.99. The van der Waals surface area contributed by atoms with Gasteiger partial charge in [-0.1, -0.05) is 23.9 Å². The molecule has 25 heavy (non-hydrogen) atoms. The number of nitrogen functional groups attached to an aromatic ring is 2. The van der Waals surface area contributed by atoms with Crippen LogP contribution >= 0.6 is 11.8 Å². The molecule has 0 bridgehead atoms. The maximum absolute atomic E-state index is 6.01. The van der Waals surface area contributed by atoms with Crippen LogP contribution in [0.15, 0.2) is 52.3 Å². The van der Waals surface area contributed by atoms with Crippen LogP contribution in [0.3, 0.4) is 0 Å². The summed E-state index contributed by atoms with van der Waals surface area (Å²) < 4.78 is 11.5. The zero-order valence-corrected chi connectivity index (χ0v) is 15.1. The zero-order chi connectivity index (χ0) is 17.5. The molecule has 6 heteroatoms. The number of rotatable bonds is 7. The van der Waals surface area contributed by atoms with Crippen LogP contribution in [0.5, 0.6) is 5.75 Å². The van der Waals surface area contributed by atoms with Crippen LogP contribution in [0.1, 0.15) is 12.8 Å². The van der Waals surface area contributed by atoms with Crippen molar-refractivity contribution in [1.29, 1.82) is 0 Å². The summed E-state index contributed by atoms with van der Waals surface area (Å²) in [6, 6.07) is 14.2. The van der Waals surface area contributed by atoms with Crippen molar-refractivity contribution in [2.24, 2.45) is 0 Å². The van der Waals surface area contributed by atoms with Gasteiger partial charge in [0.1, 0.15) is 5.75 Å². The minimum atomic E-state index is 0.444. The van der Waals surface area contributed by atoms with E-state index in [-0.39, 0.29) is 0 Å². The molecule has 5 nitrogen and oxygen atoms in total. The first kappa shape index (κ1) is 17.9. The second-order valence-electron chi connectivity index (χ2n) is 6.06. The molecule has 1 aliphatic heterocycles. The van der Waals surface area contributed by atoms with Crippen LogP contribution in [0.4, 0.5) is 11.4 Å². The Morgan fingerprint density at radius 3 is 2.84 bits per heavy atom. The Labute approximate surface area is 153 Å². The molecule has 1 heterocycles. The Hall–Kier alpha value is -1.89. The smallest absolute Gasteiger partial charge is 0.133 e.